The van der Waals surface area contributed by atoms with Crippen LogP contribution < -0.4 is 10.2 Å². The maximum Gasteiger partial charge on any atom is 0.258 e. The van der Waals surface area contributed by atoms with E-state index < -0.39 is 0 Å². The molecule has 0 atom stereocenters. The van der Waals surface area contributed by atoms with Crippen molar-refractivity contribution >= 4 is 29.0 Å². The minimum atomic E-state index is -0.311. The Kier molecular flexibility index (Phi) is 3.97. The fourth-order valence-corrected chi connectivity index (χ4v) is 1.80. The second-order valence-electron chi connectivity index (χ2n) is 4.06. The number of halogens is 1. The predicted octanol–water partition coefficient (Wildman–Crippen LogP) is 2.45. The Morgan fingerprint density at radius 3 is 2.58 bits per heavy atom. The Bertz CT molecular complexity index is 601. The first kappa shape index (κ1) is 13.3. The number of carbonyl (C=O) groups is 1. The van der Waals surface area contributed by atoms with Gasteiger partial charge in [0.1, 0.15) is 5.15 Å². The van der Waals surface area contributed by atoms with Gasteiger partial charge in [-0.2, -0.15) is 0 Å². The molecule has 0 unspecified atom stereocenters. The highest BCUT2D eigenvalue weighted by Crippen LogP contribution is 2.22. The highest BCUT2D eigenvalue weighted by molar-refractivity contribution is 6.33. The molecule has 0 saturated carbocycles. The molecule has 0 aromatic carbocycles. The Labute approximate surface area is 116 Å². The van der Waals surface area contributed by atoms with Crippen molar-refractivity contribution in [2.45, 2.75) is 0 Å². The van der Waals surface area contributed by atoms with Crippen LogP contribution in [0.4, 0.5) is 11.5 Å². The van der Waals surface area contributed by atoms with Crippen molar-refractivity contribution in [2.75, 3.05) is 24.3 Å². The van der Waals surface area contributed by atoms with Crippen molar-refractivity contribution < 1.29 is 4.79 Å². The van der Waals surface area contributed by atoms with Gasteiger partial charge in [-0.05, 0) is 24.3 Å². The number of amides is 1. The van der Waals surface area contributed by atoms with Gasteiger partial charge in [0, 0.05) is 26.5 Å². The summed E-state index contributed by atoms with van der Waals surface area (Å²) >= 11 is 5.89. The highest BCUT2D eigenvalue weighted by Gasteiger charge is 2.13. The van der Waals surface area contributed by atoms with E-state index in [1.54, 1.807) is 30.5 Å². The monoisotopic (exact) mass is 276 g/mol. The number of hydrogen-bond acceptors (Lipinski definition) is 4. The second-order valence-corrected chi connectivity index (χ2v) is 4.42. The number of pyridine rings is 2. The summed E-state index contributed by atoms with van der Waals surface area (Å²) in [4.78, 5) is 22.0. The minimum Gasteiger partial charge on any atom is -0.361 e. The van der Waals surface area contributed by atoms with Gasteiger partial charge in [-0.1, -0.05) is 11.6 Å². The van der Waals surface area contributed by atoms with Gasteiger partial charge in [0.05, 0.1) is 11.3 Å². The molecular formula is C13H13ClN4O. The van der Waals surface area contributed by atoms with E-state index in [2.05, 4.69) is 15.3 Å². The van der Waals surface area contributed by atoms with Crippen molar-refractivity contribution in [1.29, 1.82) is 0 Å². The first-order valence-electron chi connectivity index (χ1n) is 5.64. The fourth-order valence-electron chi connectivity index (χ4n) is 1.60. The van der Waals surface area contributed by atoms with Crippen LogP contribution in [0.1, 0.15) is 10.4 Å². The maximum absolute atomic E-state index is 12.1. The molecule has 6 heteroatoms. The number of hydrogen-bond donors (Lipinski definition) is 1. The molecule has 0 aliphatic carbocycles. The van der Waals surface area contributed by atoms with Crippen LogP contribution >= 0.6 is 11.6 Å². The summed E-state index contributed by atoms with van der Waals surface area (Å²) in [5, 5.41) is 2.96. The molecule has 0 bridgehead atoms. The lowest BCUT2D eigenvalue weighted by molar-refractivity contribution is 0.102. The van der Waals surface area contributed by atoms with Crippen LogP contribution in [0.3, 0.4) is 0 Å². The molecule has 0 aliphatic rings. The van der Waals surface area contributed by atoms with Gasteiger partial charge < -0.3 is 10.2 Å². The zero-order valence-corrected chi connectivity index (χ0v) is 11.3. The molecule has 2 heterocycles. The molecule has 2 rings (SSSR count). The molecule has 2 aromatic heterocycles. The fraction of sp³-hybridized carbons (Fsp3) is 0.154. The van der Waals surface area contributed by atoms with Gasteiger partial charge in [0.15, 0.2) is 5.82 Å². The van der Waals surface area contributed by atoms with Crippen LogP contribution in [0.25, 0.3) is 0 Å². The predicted molar refractivity (Wildman–Crippen MR) is 75.8 cm³/mol. The second kappa shape index (κ2) is 5.67. The number of aromatic nitrogens is 2. The number of nitrogens with zero attached hydrogens (tertiary/aromatic N) is 3. The van der Waals surface area contributed by atoms with Gasteiger partial charge in [-0.15, -0.1) is 0 Å². The molecule has 1 N–H and O–H groups in total. The lowest BCUT2D eigenvalue weighted by Crippen LogP contribution is -2.18. The first-order valence-corrected chi connectivity index (χ1v) is 6.01. The number of anilines is 2. The number of nitrogens with one attached hydrogen (secondary N) is 1. The highest BCUT2D eigenvalue weighted by atomic mass is 35.5. The van der Waals surface area contributed by atoms with E-state index in [0.717, 1.165) is 0 Å². The molecule has 2 aromatic rings. The topological polar surface area (TPSA) is 58.1 Å². The summed E-state index contributed by atoms with van der Waals surface area (Å²) < 4.78 is 0. The Morgan fingerprint density at radius 1 is 1.21 bits per heavy atom. The lowest BCUT2D eigenvalue weighted by Gasteiger charge is -2.16. The summed E-state index contributed by atoms with van der Waals surface area (Å²) in [7, 11) is 3.71. The van der Waals surface area contributed by atoms with Gasteiger partial charge in [-0.3, -0.25) is 4.79 Å². The van der Waals surface area contributed by atoms with Gasteiger partial charge in [0.2, 0.25) is 0 Å². The third kappa shape index (κ3) is 3.00. The summed E-state index contributed by atoms with van der Waals surface area (Å²) in [5.41, 5.74) is 0.954. The van der Waals surface area contributed by atoms with Crippen molar-refractivity contribution in [3.63, 3.8) is 0 Å². The first-order chi connectivity index (χ1) is 9.09. The van der Waals surface area contributed by atoms with E-state index in [4.69, 9.17) is 11.6 Å². The molecule has 0 aliphatic heterocycles. The van der Waals surface area contributed by atoms with E-state index in [1.807, 2.05) is 19.0 Å². The van der Waals surface area contributed by atoms with Crippen LogP contribution in [0.15, 0.2) is 36.7 Å². The third-order valence-electron chi connectivity index (χ3n) is 2.46. The maximum atomic E-state index is 12.1. The average molecular weight is 277 g/mol. The van der Waals surface area contributed by atoms with Crippen LogP contribution in [-0.2, 0) is 0 Å². The summed E-state index contributed by atoms with van der Waals surface area (Å²) in [6.07, 6.45) is 3.20. The number of rotatable bonds is 3. The van der Waals surface area contributed by atoms with E-state index in [9.17, 15) is 4.79 Å². The quantitative estimate of drug-likeness (QED) is 0.875. The SMILES string of the molecule is CN(C)c1ncccc1NC(=O)c1cccnc1Cl. The van der Waals surface area contributed by atoms with Crippen molar-refractivity contribution in [1.82, 2.24) is 9.97 Å². The molecule has 5 nitrogen and oxygen atoms in total. The molecule has 1 amide bonds. The van der Waals surface area contributed by atoms with Gasteiger partial charge in [-0.25, -0.2) is 9.97 Å². The normalized spacial score (nSPS) is 10.1. The largest absolute Gasteiger partial charge is 0.361 e. The summed E-state index contributed by atoms with van der Waals surface area (Å²) in [6.45, 7) is 0. The molecule has 0 spiro atoms. The summed E-state index contributed by atoms with van der Waals surface area (Å²) in [6, 6.07) is 6.82. The van der Waals surface area contributed by atoms with Crippen LogP contribution in [0.5, 0.6) is 0 Å². The van der Waals surface area contributed by atoms with Crippen molar-refractivity contribution in [2.24, 2.45) is 0 Å². The van der Waals surface area contributed by atoms with E-state index in [0.29, 0.717) is 17.1 Å². The molecule has 0 saturated heterocycles. The zero-order valence-electron chi connectivity index (χ0n) is 10.6. The molecule has 19 heavy (non-hydrogen) atoms. The van der Waals surface area contributed by atoms with E-state index in [-0.39, 0.29) is 11.1 Å². The molecule has 98 valence electrons. The third-order valence-corrected chi connectivity index (χ3v) is 2.76. The van der Waals surface area contributed by atoms with Crippen LogP contribution in [0, 0.1) is 0 Å². The lowest BCUT2D eigenvalue weighted by atomic mass is 10.2. The van der Waals surface area contributed by atoms with E-state index in [1.165, 1.54) is 6.20 Å². The van der Waals surface area contributed by atoms with E-state index >= 15 is 0 Å². The Hall–Kier alpha value is -2.14. The Morgan fingerprint density at radius 2 is 1.89 bits per heavy atom. The average Bonchev–Trinajstić information content (AvgIpc) is 2.39. The van der Waals surface area contributed by atoms with Gasteiger partial charge in [0.25, 0.3) is 5.91 Å². The standard InChI is InChI=1S/C13H13ClN4O/c1-18(2)12-10(6-4-8-16-12)17-13(19)9-5-3-7-15-11(9)14/h3-8H,1-2H3,(H,17,19). The molecule has 0 fully saturated rings. The van der Waals surface area contributed by atoms with Crippen LogP contribution in [0.2, 0.25) is 5.15 Å². The summed E-state index contributed by atoms with van der Waals surface area (Å²) in [5.74, 6) is 0.366. The zero-order chi connectivity index (χ0) is 13.8. The minimum absolute atomic E-state index is 0.176. The molecule has 0 radical (unpaired) electrons. The van der Waals surface area contributed by atoms with Crippen molar-refractivity contribution in [3.05, 3.63) is 47.4 Å². The van der Waals surface area contributed by atoms with Crippen LogP contribution in [-0.4, -0.2) is 30.0 Å². The number of carbonyl (C=O) groups excluding carboxylic acids is 1. The van der Waals surface area contributed by atoms with Gasteiger partial charge >= 0.3 is 0 Å². The smallest absolute Gasteiger partial charge is 0.258 e. The van der Waals surface area contributed by atoms with Crippen molar-refractivity contribution in [3.8, 4) is 0 Å². The Balaban J connectivity index is 2.27. The molecular weight excluding hydrogens is 264 g/mol.